The molecule has 0 spiro atoms. The summed E-state index contributed by atoms with van der Waals surface area (Å²) in [6.45, 7) is 2.22. The third-order valence-electron chi connectivity index (χ3n) is 3.38. The molecule has 0 aliphatic heterocycles. The van der Waals surface area contributed by atoms with Crippen LogP contribution in [0.5, 0.6) is 0 Å². The topological polar surface area (TPSA) is 44.1 Å². The van der Waals surface area contributed by atoms with Crippen molar-refractivity contribution >= 4 is 32.9 Å². The van der Waals surface area contributed by atoms with Crippen molar-refractivity contribution in [3.05, 3.63) is 58.8 Å². The fourth-order valence-corrected chi connectivity index (χ4v) is 2.69. The van der Waals surface area contributed by atoms with Gasteiger partial charge >= 0.3 is 5.97 Å². The molecule has 0 N–H and O–H groups in total. The highest BCUT2D eigenvalue weighted by atomic mass is 79.9. The Morgan fingerprint density at radius 3 is 2.73 bits per heavy atom. The summed E-state index contributed by atoms with van der Waals surface area (Å²) < 4.78 is 7.99. The quantitative estimate of drug-likeness (QED) is 0.664. The molecule has 3 rings (SSSR count). The van der Waals surface area contributed by atoms with E-state index in [1.165, 1.54) is 0 Å². The monoisotopic (exact) mass is 358 g/mol. The van der Waals surface area contributed by atoms with E-state index in [1.54, 1.807) is 6.33 Å². The first-order chi connectivity index (χ1) is 10.7. The number of fused-ring (bicyclic) bond motifs is 1. The van der Waals surface area contributed by atoms with Crippen LogP contribution in [-0.4, -0.2) is 22.1 Å². The summed E-state index contributed by atoms with van der Waals surface area (Å²) in [6, 6.07) is 13.9. The van der Waals surface area contributed by atoms with Crippen LogP contribution in [0.15, 0.2) is 53.3 Å². The Morgan fingerprint density at radius 2 is 2.00 bits per heavy atom. The summed E-state index contributed by atoms with van der Waals surface area (Å²) in [6.07, 6.45) is 2.10. The van der Waals surface area contributed by atoms with Gasteiger partial charge in [0, 0.05) is 10.2 Å². The van der Waals surface area contributed by atoms with Gasteiger partial charge in [-0.05, 0) is 42.8 Å². The molecule has 0 radical (unpaired) electrons. The average Bonchev–Trinajstić information content (AvgIpc) is 2.91. The van der Waals surface area contributed by atoms with Gasteiger partial charge in [-0.15, -0.1) is 0 Å². The van der Waals surface area contributed by atoms with Crippen LogP contribution in [0.25, 0.3) is 16.7 Å². The maximum atomic E-state index is 11.5. The van der Waals surface area contributed by atoms with Crippen LogP contribution >= 0.6 is 15.9 Å². The summed E-state index contributed by atoms with van der Waals surface area (Å²) in [5, 5.41) is 0. The zero-order valence-corrected chi connectivity index (χ0v) is 13.7. The Hall–Kier alpha value is -2.14. The van der Waals surface area contributed by atoms with Gasteiger partial charge < -0.3 is 4.74 Å². The van der Waals surface area contributed by atoms with Crippen molar-refractivity contribution in [3.63, 3.8) is 0 Å². The van der Waals surface area contributed by atoms with E-state index in [4.69, 9.17) is 4.74 Å². The Bertz CT molecular complexity index is 809. The maximum Gasteiger partial charge on any atom is 0.310 e. The molecule has 22 heavy (non-hydrogen) atoms. The van der Waals surface area contributed by atoms with E-state index in [0.717, 1.165) is 26.8 Å². The van der Waals surface area contributed by atoms with Crippen LogP contribution in [0, 0.1) is 0 Å². The lowest BCUT2D eigenvalue weighted by atomic mass is 10.1. The van der Waals surface area contributed by atoms with Crippen LogP contribution in [0.3, 0.4) is 0 Å². The molecular formula is C17H15BrN2O2. The van der Waals surface area contributed by atoms with Crippen LogP contribution in [0.1, 0.15) is 12.5 Å². The van der Waals surface area contributed by atoms with Crippen molar-refractivity contribution in [2.75, 3.05) is 6.61 Å². The van der Waals surface area contributed by atoms with E-state index < -0.39 is 0 Å². The summed E-state index contributed by atoms with van der Waals surface area (Å²) in [5.74, 6) is -0.201. The number of esters is 1. The molecule has 0 aliphatic carbocycles. The van der Waals surface area contributed by atoms with Crippen molar-refractivity contribution in [2.24, 2.45) is 0 Å². The Balaban J connectivity index is 1.87. The van der Waals surface area contributed by atoms with Gasteiger partial charge in [-0.1, -0.05) is 28.1 Å². The summed E-state index contributed by atoms with van der Waals surface area (Å²) in [7, 11) is 0. The zero-order chi connectivity index (χ0) is 15.5. The maximum absolute atomic E-state index is 11.5. The fraction of sp³-hybridized carbons (Fsp3) is 0.176. The van der Waals surface area contributed by atoms with Crippen LogP contribution < -0.4 is 0 Å². The average molecular weight is 359 g/mol. The van der Waals surface area contributed by atoms with Crippen LogP contribution in [0.4, 0.5) is 0 Å². The van der Waals surface area contributed by atoms with Gasteiger partial charge in [0.25, 0.3) is 0 Å². The third-order valence-corrected chi connectivity index (χ3v) is 3.87. The molecule has 3 aromatic rings. The van der Waals surface area contributed by atoms with Crippen LogP contribution in [0.2, 0.25) is 0 Å². The highest BCUT2D eigenvalue weighted by molar-refractivity contribution is 9.10. The number of hydrogen-bond donors (Lipinski definition) is 0. The number of imidazole rings is 1. The lowest BCUT2D eigenvalue weighted by molar-refractivity contribution is -0.142. The molecule has 2 aromatic carbocycles. The van der Waals surface area contributed by atoms with E-state index in [-0.39, 0.29) is 5.97 Å². The van der Waals surface area contributed by atoms with Gasteiger partial charge in [0.05, 0.1) is 24.1 Å². The zero-order valence-electron chi connectivity index (χ0n) is 12.1. The molecule has 0 saturated heterocycles. The first kappa shape index (κ1) is 14.8. The number of halogens is 1. The lowest BCUT2D eigenvalue weighted by Crippen LogP contribution is -2.07. The molecule has 0 atom stereocenters. The number of hydrogen-bond acceptors (Lipinski definition) is 3. The summed E-state index contributed by atoms with van der Waals surface area (Å²) >= 11 is 3.45. The van der Waals surface area contributed by atoms with Crippen molar-refractivity contribution in [3.8, 4) is 5.69 Å². The van der Waals surface area contributed by atoms with Gasteiger partial charge in [0.1, 0.15) is 6.33 Å². The molecule has 0 unspecified atom stereocenters. The van der Waals surface area contributed by atoms with E-state index in [9.17, 15) is 4.79 Å². The van der Waals surface area contributed by atoms with Crippen molar-refractivity contribution < 1.29 is 9.53 Å². The van der Waals surface area contributed by atoms with Gasteiger partial charge in [-0.25, -0.2) is 4.98 Å². The predicted octanol–water partition coefficient (Wildman–Crippen LogP) is 3.89. The second kappa shape index (κ2) is 6.32. The minimum absolute atomic E-state index is 0.201. The SMILES string of the molecule is CCOC(=O)Cc1ccc(-n2cnc3cc(Br)ccc32)cc1. The largest absolute Gasteiger partial charge is 0.466 e. The molecule has 0 fully saturated rings. The normalized spacial score (nSPS) is 10.8. The molecule has 0 amide bonds. The second-order valence-corrected chi connectivity index (χ2v) is 5.81. The first-order valence-electron chi connectivity index (χ1n) is 7.05. The first-order valence-corrected chi connectivity index (χ1v) is 7.84. The highest BCUT2D eigenvalue weighted by Gasteiger charge is 2.07. The standard InChI is InChI=1S/C17H15BrN2O2/c1-2-22-17(21)9-12-3-6-14(7-4-12)20-11-19-15-10-13(18)5-8-16(15)20/h3-8,10-11H,2,9H2,1H3. The van der Waals surface area contributed by atoms with Gasteiger partial charge in [-0.2, -0.15) is 0 Å². The van der Waals surface area contributed by atoms with E-state index in [2.05, 4.69) is 20.9 Å². The lowest BCUT2D eigenvalue weighted by Gasteiger charge is -2.06. The smallest absolute Gasteiger partial charge is 0.310 e. The van der Waals surface area contributed by atoms with Crippen molar-refractivity contribution in [1.29, 1.82) is 0 Å². The summed E-state index contributed by atoms with van der Waals surface area (Å²) in [4.78, 5) is 15.9. The van der Waals surface area contributed by atoms with Gasteiger partial charge in [-0.3, -0.25) is 9.36 Å². The number of nitrogens with zero attached hydrogens (tertiary/aromatic N) is 2. The van der Waals surface area contributed by atoms with Crippen molar-refractivity contribution in [2.45, 2.75) is 13.3 Å². The van der Waals surface area contributed by atoms with Gasteiger partial charge in [0.2, 0.25) is 0 Å². The second-order valence-electron chi connectivity index (χ2n) is 4.90. The number of ether oxygens (including phenoxy) is 1. The van der Waals surface area contributed by atoms with Crippen molar-refractivity contribution in [1.82, 2.24) is 9.55 Å². The van der Waals surface area contributed by atoms with E-state index in [1.807, 2.05) is 54.0 Å². The molecule has 4 nitrogen and oxygen atoms in total. The molecule has 0 saturated carbocycles. The Kier molecular flexibility index (Phi) is 4.24. The molecule has 5 heteroatoms. The summed E-state index contributed by atoms with van der Waals surface area (Å²) in [5.41, 5.74) is 3.93. The highest BCUT2D eigenvalue weighted by Crippen LogP contribution is 2.22. The predicted molar refractivity (Wildman–Crippen MR) is 89.1 cm³/mol. The number of carbonyl (C=O) groups excluding carboxylic acids is 1. The molecule has 0 aliphatic rings. The minimum atomic E-state index is -0.201. The Morgan fingerprint density at radius 1 is 1.23 bits per heavy atom. The minimum Gasteiger partial charge on any atom is -0.466 e. The molecule has 1 heterocycles. The molecule has 0 bridgehead atoms. The van der Waals surface area contributed by atoms with Gasteiger partial charge in [0.15, 0.2) is 0 Å². The number of carbonyl (C=O) groups is 1. The number of aromatic nitrogens is 2. The number of rotatable bonds is 4. The van der Waals surface area contributed by atoms with Crippen LogP contribution in [-0.2, 0) is 16.0 Å². The molecular weight excluding hydrogens is 344 g/mol. The fourth-order valence-electron chi connectivity index (χ4n) is 2.34. The van der Waals surface area contributed by atoms with E-state index in [0.29, 0.717) is 13.0 Å². The van der Waals surface area contributed by atoms with E-state index >= 15 is 0 Å². The Labute approximate surface area is 136 Å². The third kappa shape index (κ3) is 3.04. The molecule has 1 aromatic heterocycles. The molecule has 112 valence electrons. The number of benzene rings is 2.